The Morgan fingerprint density at radius 1 is 1.43 bits per heavy atom. The van der Waals surface area contributed by atoms with Gasteiger partial charge in [-0.1, -0.05) is 0 Å². The first-order valence-corrected chi connectivity index (χ1v) is 5.32. The van der Waals surface area contributed by atoms with Crippen LogP contribution in [-0.2, 0) is 4.79 Å². The summed E-state index contributed by atoms with van der Waals surface area (Å²) in [5.41, 5.74) is 5.49. The van der Waals surface area contributed by atoms with Crippen molar-refractivity contribution >= 4 is 5.91 Å². The van der Waals surface area contributed by atoms with Crippen molar-refractivity contribution in [2.75, 3.05) is 26.2 Å². The number of nitrogens with one attached hydrogen (secondary N) is 1. The van der Waals surface area contributed by atoms with E-state index in [9.17, 15) is 4.79 Å². The van der Waals surface area contributed by atoms with Crippen LogP contribution in [0.1, 0.15) is 27.2 Å². The molecule has 4 nitrogen and oxygen atoms in total. The van der Waals surface area contributed by atoms with Crippen molar-refractivity contribution in [1.82, 2.24) is 10.2 Å². The van der Waals surface area contributed by atoms with E-state index < -0.39 is 0 Å². The predicted octanol–water partition coefficient (Wildman–Crippen LogP) is 0.182. The van der Waals surface area contributed by atoms with Crippen LogP contribution < -0.4 is 11.1 Å². The average Bonchev–Trinajstić information content (AvgIpc) is 2.12. The quantitative estimate of drug-likeness (QED) is 0.618. The smallest absolute Gasteiger partial charge is 0.221 e. The molecule has 3 N–H and O–H groups in total. The molecule has 0 aliphatic heterocycles. The van der Waals surface area contributed by atoms with Crippen molar-refractivity contribution < 1.29 is 4.79 Å². The van der Waals surface area contributed by atoms with Gasteiger partial charge in [0.1, 0.15) is 0 Å². The summed E-state index contributed by atoms with van der Waals surface area (Å²) in [6, 6.07) is 0.452. The zero-order valence-corrected chi connectivity index (χ0v) is 9.55. The highest BCUT2D eigenvalue weighted by Crippen LogP contribution is 1.98. The van der Waals surface area contributed by atoms with Crippen molar-refractivity contribution in [3.05, 3.63) is 0 Å². The number of amides is 1. The summed E-state index contributed by atoms with van der Waals surface area (Å²) >= 11 is 0. The predicted molar refractivity (Wildman–Crippen MR) is 59.1 cm³/mol. The average molecular weight is 201 g/mol. The van der Waals surface area contributed by atoms with Gasteiger partial charge in [-0.25, -0.2) is 0 Å². The van der Waals surface area contributed by atoms with E-state index in [1.807, 2.05) is 6.92 Å². The summed E-state index contributed by atoms with van der Waals surface area (Å²) in [4.78, 5) is 13.4. The molecule has 14 heavy (non-hydrogen) atoms. The molecule has 0 rings (SSSR count). The Labute approximate surface area is 86.8 Å². The van der Waals surface area contributed by atoms with Crippen molar-refractivity contribution in [2.24, 2.45) is 5.73 Å². The van der Waals surface area contributed by atoms with Gasteiger partial charge in [-0.3, -0.25) is 9.69 Å². The van der Waals surface area contributed by atoms with E-state index in [1.165, 1.54) is 0 Å². The van der Waals surface area contributed by atoms with Crippen LogP contribution in [0.25, 0.3) is 0 Å². The van der Waals surface area contributed by atoms with E-state index >= 15 is 0 Å². The summed E-state index contributed by atoms with van der Waals surface area (Å²) in [7, 11) is 0. The molecule has 4 heteroatoms. The molecule has 84 valence electrons. The Morgan fingerprint density at radius 2 is 2.07 bits per heavy atom. The number of rotatable bonds is 7. The molecule has 0 aromatic carbocycles. The number of carbonyl (C=O) groups excluding carboxylic acids is 1. The third kappa shape index (κ3) is 5.94. The lowest BCUT2D eigenvalue weighted by atomic mass is 10.2. The molecule has 0 radical (unpaired) electrons. The van der Waals surface area contributed by atoms with Crippen molar-refractivity contribution in [1.29, 1.82) is 0 Å². The zero-order chi connectivity index (χ0) is 11.0. The largest absolute Gasteiger partial charge is 0.356 e. The Kier molecular flexibility index (Phi) is 7.42. The second-order valence-electron chi connectivity index (χ2n) is 3.62. The second kappa shape index (κ2) is 7.76. The fourth-order valence-corrected chi connectivity index (χ4v) is 1.32. The minimum Gasteiger partial charge on any atom is -0.356 e. The first kappa shape index (κ1) is 13.4. The van der Waals surface area contributed by atoms with Gasteiger partial charge >= 0.3 is 0 Å². The first-order valence-electron chi connectivity index (χ1n) is 5.32. The number of hydrogen-bond acceptors (Lipinski definition) is 3. The van der Waals surface area contributed by atoms with E-state index in [0.717, 1.165) is 13.1 Å². The number of nitrogens with two attached hydrogens (primary N) is 1. The molecule has 0 saturated heterocycles. The maximum atomic E-state index is 11.2. The molecule has 0 atom stereocenters. The monoisotopic (exact) mass is 201 g/mol. The Balaban J connectivity index is 3.75. The molecule has 1 amide bonds. The van der Waals surface area contributed by atoms with E-state index in [0.29, 0.717) is 25.6 Å². The molecule has 0 spiro atoms. The van der Waals surface area contributed by atoms with E-state index in [1.54, 1.807) is 0 Å². The van der Waals surface area contributed by atoms with Gasteiger partial charge in [-0.05, 0) is 20.8 Å². The lowest BCUT2D eigenvalue weighted by Crippen LogP contribution is -2.38. The highest BCUT2D eigenvalue weighted by molar-refractivity contribution is 5.75. The van der Waals surface area contributed by atoms with Gasteiger partial charge in [0.25, 0.3) is 0 Å². The standard InChI is InChI=1S/C10H23N3O/c1-4-12-10(14)5-7-13(8-6-11)9(2)3/h9H,4-8,11H2,1-3H3,(H,12,14). The van der Waals surface area contributed by atoms with Crippen LogP contribution in [0.2, 0.25) is 0 Å². The summed E-state index contributed by atoms with van der Waals surface area (Å²) in [6.07, 6.45) is 0.562. The molecule has 0 bridgehead atoms. The summed E-state index contributed by atoms with van der Waals surface area (Å²) in [6.45, 7) is 9.17. The van der Waals surface area contributed by atoms with Gasteiger partial charge in [0, 0.05) is 38.6 Å². The fraction of sp³-hybridized carbons (Fsp3) is 0.900. The second-order valence-corrected chi connectivity index (χ2v) is 3.62. The highest BCUT2D eigenvalue weighted by Gasteiger charge is 2.09. The van der Waals surface area contributed by atoms with Gasteiger partial charge in [0.2, 0.25) is 5.91 Å². The molecular weight excluding hydrogens is 178 g/mol. The number of hydrogen-bond donors (Lipinski definition) is 2. The molecule has 0 aliphatic rings. The molecule has 0 aliphatic carbocycles. The number of carbonyl (C=O) groups is 1. The SMILES string of the molecule is CCNC(=O)CCN(CCN)C(C)C. The van der Waals surface area contributed by atoms with Crippen LogP contribution in [0, 0.1) is 0 Å². The summed E-state index contributed by atoms with van der Waals surface area (Å²) in [5.74, 6) is 0.121. The highest BCUT2D eigenvalue weighted by atomic mass is 16.1. The molecule has 0 fully saturated rings. The third-order valence-corrected chi connectivity index (χ3v) is 2.15. The molecule has 0 aromatic heterocycles. The van der Waals surface area contributed by atoms with Gasteiger partial charge < -0.3 is 11.1 Å². The first-order chi connectivity index (χ1) is 6.61. The topological polar surface area (TPSA) is 58.4 Å². The molecular formula is C10H23N3O. The zero-order valence-electron chi connectivity index (χ0n) is 9.55. The lowest BCUT2D eigenvalue weighted by molar-refractivity contribution is -0.121. The van der Waals surface area contributed by atoms with Crippen LogP contribution >= 0.6 is 0 Å². The van der Waals surface area contributed by atoms with E-state index in [2.05, 4.69) is 24.1 Å². The molecule has 0 saturated carbocycles. The maximum Gasteiger partial charge on any atom is 0.221 e. The molecule has 0 aromatic rings. The van der Waals surface area contributed by atoms with E-state index in [4.69, 9.17) is 5.73 Å². The normalized spacial score (nSPS) is 11.0. The van der Waals surface area contributed by atoms with Crippen LogP contribution in [0.5, 0.6) is 0 Å². The van der Waals surface area contributed by atoms with Crippen molar-refractivity contribution in [3.63, 3.8) is 0 Å². The fourth-order valence-electron chi connectivity index (χ4n) is 1.32. The van der Waals surface area contributed by atoms with Crippen LogP contribution in [0.4, 0.5) is 0 Å². The Bertz CT molecular complexity index is 159. The van der Waals surface area contributed by atoms with Crippen LogP contribution in [-0.4, -0.2) is 43.0 Å². The van der Waals surface area contributed by atoms with Crippen molar-refractivity contribution in [3.8, 4) is 0 Å². The van der Waals surface area contributed by atoms with Gasteiger partial charge in [-0.15, -0.1) is 0 Å². The lowest BCUT2D eigenvalue weighted by Gasteiger charge is -2.25. The van der Waals surface area contributed by atoms with Gasteiger partial charge in [-0.2, -0.15) is 0 Å². The Hall–Kier alpha value is -0.610. The minimum absolute atomic E-state index is 0.121. The maximum absolute atomic E-state index is 11.2. The van der Waals surface area contributed by atoms with Gasteiger partial charge in [0.15, 0.2) is 0 Å². The third-order valence-electron chi connectivity index (χ3n) is 2.15. The van der Waals surface area contributed by atoms with E-state index in [-0.39, 0.29) is 5.91 Å². The molecule has 0 unspecified atom stereocenters. The minimum atomic E-state index is 0.121. The number of nitrogens with zero attached hydrogens (tertiary/aromatic N) is 1. The summed E-state index contributed by atoms with van der Waals surface area (Å²) < 4.78 is 0. The van der Waals surface area contributed by atoms with Crippen molar-refractivity contribution in [2.45, 2.75) is 33.2 Å². The van der Waals surface area contributed by atoms with Gasteiger partial charge in [0.05, 0.1) is 0 Å². The van der Waals surface area contributed by atoms with Crippen LogP contribution in [0.3, 0.4) is 0 Å². The van der Waals surface area contributed by atoms with Crippen LogP contribution in [0.15, 0.2) is 0 Å². The molecule has 0 heterocycles. The Morgan fingerprint density at radius 3 is 2.50 bits per heavy atom. The summed E-state index contributed by atoms with van der Waals surface area (Å²) in [5, 5.41) is 2.79.